The van der Waals surface area contributed by atoms with Gasteiger partial charge in [-0.3, -0.25) is 0 Å². The molecule has 14 heavy (non-hydrogen) atoms. The summed E-state index contributed by atoms with van der Waals surface area (Å²) in [7, 11) is 0. The van der Waals surface area contributed by atoms with Gasteiger partial charge in [-0.25, -0.2) is 8.78 Å². The SMILES string of the molecule is Cc1ccc(/C=C/CN)cc1C(F)F. The van der Waals surface area contributed by atoms with Crippen molar-refractivity contribution in [2.24, 2.45) is 5.73 Å². The molecule has 0 atom stereocenters. The minimum absolute atomic E-state index is 0.0872. The Morgan fingerprint density at radius 1 is 1.43 bits per heavy atom. The fourth-order valence-electron chi connectivity index (χ4n) is 1.20. The Kier molecular flexibility index (Phi) is 3.77. The highest BCUT2D eigenvalue weighted by Gasteiger charge is 2.09. The second-order valence-corrected chi connectivity index (χ2v) is 3.05. The van der Waals surface area contributed by atoms with Crippen LogP contribution in [0.15, 0.2) is 24.3 Å². The number of benzene rings is 1. The van der Waals surface area contributed by atoms with Crippen molar-refractivity contribution in [3.05, 3.63) is 41.0 Å². The van der Waals surface area contributed by atoms with Gasteiger partial charge in [0.2, 0.25) is 0 Å². The van der Waals surface area contributed by atoms with Gasteiger partial charge in [0, 0.05) is 12.1 Å². The molecule has 3 heteroatoms. The van der Waals surface area contributed by atoms with Crippen LogP contribution in [0, 0.1) is 6.92 Å². The first-order chi connectivity index (χ1) is 6.65. The fourth-order valence-corrected chi connectivity index (χ4v) is 1.20. The van der Waals surface area contributed by atoms with Crippen LogP contribution >= 0.6 is 0 Å². The van der Waals surface area contributed by atoms with Crippen molar-refractivity contribution in [1.82, 2.24) is 0 Å². The van der Waals surface area contributed by atoms with E-state index in [4.69, 9.17) is 5.73 Å². The largest absolute Gasteiger partial charge is 0.327 e. The van der Waals surface area contributed by atoms with E-state index >= 15 is 0 Å². The second kappa shape index (κ2) is 4.86. The third kappa shape index (κ3) is 2.64. The fraction of sp³-hybridized carbons (Fsp3) is 0.273. The summed E-state index contributed by atoms with van der Waals surface area (Å²) in [6.07, 6.45) is 1.06. The second-order valence-electron chi connectivity index (χ2n) is 3.05. The highest BCUT2D eigenvalue weighted by atomic mass is 19.3. The van der Waals surface area contributed by atoms with Gasteiger partial charge in [-0.15, -0.1) is 0 Å². The summed E-state index contributed by atoms with van der Waals surface area (Å²) in [6.45, 7) is 2.09. The number of halogens is 2. The molecule has 0 amide bonds. The molecule has 1 rings (SSSR count). The zero-order chi connectivity index (χ0) is 10.6. The lowest BCUT2D eigenvalue weighted by atomic mass is 10.1. The highest BCUT2D eigenvalue weighted by Crippen LogP contribution is 2.23. The predicted octanol–water partition coefficient (Wildman–Crippen LogP) is 2.90. The third-order valence-corrected chi connectivity index (χ3v) is 1.98. The van der Waals surface area contributed by atoms with E-state index in [9.17, 15) is 8.78 Å². The van der Waals surface area contributed by atoms with Crippen LogP contribution in [-0.2, 0) is 0 Å². The third-order valence-electron chi connectivity index (χ3n) is 1.98. The van der Waals surface area contributed by atoms with E-state index in [1.54, 1.807) is 31.2 Å². The molecule has 0 saturated carbocycles. The lowest BCUT2D eigenvalue weighted by molar-refractivity contribution is 0.150. The lowest BCUT2D eigenvalue weighted by Crippen LogP contribution is -1.93. The first-order valence-electron chi connectivity index (χ1n) is 4.40. The Labute approximate surface area is 82.2 Å². The summed E-state index contributed by atoms with van der Waals surface area (Å²) >= 11 is 0. The minimum Gasteiger partial charge on any atom is -0.327 e. The van der Waals surface area contributed by atoms with E-state index in [1.165, 1.54) is 6.07 Å². The molecule has 0 radical (unpaired) electrons. The molecule has 0 unspecified atom stereocenters. The molecule has 0 aliphatic heterocycles. The Hall–Kier alpha value is -1.22. The summed E-state index contributed by atoms with van der Waals surface area (Å²) in [5.41, 5.74) is 6.73. The average Bonchev–Trinajstić information content (AvgIpc) is 2.16. The standard InChI is InChI=1S/C11H13F2N/c1-8-4-5-9(3-2-6-14)7-10(8)11(12)13/h2-5,7,11H,6,14H2,1H3/b3-2+. The zero-order valence-corrected chi connectivity index (χ0v) is 8.00. The van der Waals surface area contributed by atoms with Gasteiger partial charge >= 0.3 is 0 Å². The highest BCUT2D eigenvalue weighted by molar-refractivity contribution is 5.52. The first-order valence-corrected chi connectivity index (χ1v) is 4.40. The number of aryl methyl sites for hydroxylation is 1. The van der Waals surface area contributed by atoms with Crippen molar-refractivity contribution >= 4 is 6.08 Å². The van der Waals surface area contributed by atoms with E-state index < -0.39 is 6.43 Å². The van der Waals surface area contributed by atoms with Crippen LogP contribution < -0.4 is 5.73 Å². The zero-order valence-electron chi connectivity index (χ0n) is 8.00. The molecule has 0 spiro atoms. The number of nitrogens with two attached hydrogens (primary N) is 1. The first kappa shape index (κ1) is 10.9. The monoisotopic (exact) mass is 197 g/mol. The molecule has 1 aromatic rings. The molecule has 1 aromatic carbocycles. The van der Waals surface area contributed by atoms with Crippen LogP contribution in [0.2, 0.25) is 0 Å². The Bertz CT molecular complexity index is 332. The van der Waals surface area contributed by atoms with Crippen LogP contribution in [-0.4, -0.2) is 6.54 Å². The van der Waals surface area contributed by atoms with Gasteiger partial charge < -0.3 is 5.73 Å². The van der Waals surface area contributed by atoms with Gasteiger partial charge in [0.15, 0.2) is 0 Å². The number of alkyl halides is 2. The lowest BCUT2D eigenvalue weighted by Gasteiger charge is -2.05. The molecule has 0 fully saturated rings. The van der Waals surface area contributed by atoms with Gasteiger partial charge in [0.1, 0.15) is 0 Å². The Morgan fingerprint density at radius 3 is 2.71 bits per heavy atom. The van der Waals surface area contributed by atoms with Crippen molar-refractivity contribution in [2.45, 2.75) is 13.3 Å². The van der Waals surface area contributed by atoms with Crippen molar-refractivity contribution in [3.8, 4) is 0 Å². The molecule has 0 aliphatic rings. The van der Waals surface area contributed by atoms with E-state index in [-0.39, 0.29) is 5.56 Å². The van der Waals surface area contributed by atoms with Crippen molar-refractivity contribution in [1.29, 1.82) is 0 Å². The molecule has 2 N–H and O–H groups in total. The number of hydrogen-bond acceptors (Lipinski definition) is 1. The molecule has 0 saturated heterocycles. The van der Waals surface area contributed by atoms with Gasteiger partial charge in [-0.1, -0.05) is 24.3 Å². The average molecular weight is 197 g/mol. The molecule has 76 valence electrons. The predicted molar refractivity (Wildman–Crippen MR) is 54.2 cm³/mol. The molecular formula is C11H13F2N. The smallest absolute Gasteiger partial charge is 0.264 e. The van der Waals surface area contributed by atoms with Crippen LogP contribution in [0.1, 0.15) is 23.1 Å². The molecule has 0 bridgehead atoms. The molecular weight excluding hydrogens is 184 g/mol. The van der Waals surface area contributed by atoms with Gasteiger partial charge in [-0.2, -0.15) is 0 Å². The van der Waals surface area contributed by atoms with Crippen molar-refractivity contribution in [2.75, 3.05) is 6.54 Å². The number of hydrogen-bond donors (Lipinski definition) is 1. The van der Waals surface area contributed by atoms with E-state index in [0.29, 0.717) is 12.1 Å². The molecule has 1 nitrogen and oxygen atoms in total. The van der Waals surface area contributed by atoms with E-state index in [2.05, 4.69) is 0 Å². The van der Waals surface area contributed by atoms with Gasteiger partial charge in [-0.05, 0) is 24.1 Å². The van der Waals surface area contributed by atoms with Gasteiger partial charge in [0.05, 0.1) is 0 Å². The summed E-state index contributed by atoms with van der Waals surface area (Å²) in [5, 5.41) is 0. The molecule has 0 aromatic heterocycles. The number of rotatable bonds is 3. The van der Waals surface area contributed by atoms with Crippen LogP contribution in [0.5, 0.6) is 0 Å². The summed E-state index contributed by atoms with van der Waals surface area (Å²) < 4.78 is 25.0. The van der Waals surface area contributed by atoms with Crippen molar-refractivity contribution in [3.63, 3.8) is 0 Å². The quantitative estimate of drug-likeness (QED) is 0.792. The maximum Gasteiger partial charge on any atom is 0.264 e. The minimum atomic E-state index is -2.42. The Balaban J connectivity index is 3.00. The molecule has 0 aliphatic carbocycles. The normalized spacial score (nSPS) is 11.5. The van der Waals surface area contributed by atoms with Crippen molar-refractivity contribution < 1.29 is 8.78 Å². The summed E-state index contributed by atoms with van der Waals surface area (Å²) in [4.78, 5) is 0. The van der Waals surface area contributed by atoms with E-state index in [1.807, 2.05) is 0 Å². The topological polar surface area (TPSA) is 26.0 Å². The molecule has 0 heterocycles. The maximum absolute atomic E-state index is 12.5. The van der Waals surface area contributed by atoms with Crippen LogP contribution in [0.25, 0.3) is 6.08 Å². The Morgan fingerprint density at radius 2 is 2.14 bits per heavy atom. The maximum atomic E-state index is 12.5. The van der Waals surface area contributed by atoms with Crippen LogP contribution in [0.3, 0.4) is 0 Å². The van der Waals surface area contributed by atoms with Gasteiger partial charge in [0.25, 0.3) is 6.43 Å². The summed E-state index contributed by atoms with van der Waals surface area (Å²) in [5.74, 6) is 0. The van der Waals surface area contributed by atoms with E-state index in [0.717, 1.165) is 5.56 Å². The summed E-state index contributed by atoms with van der Waals surface area (Å²) in [6, 6.07) is 4.98. The van der Waals surface area contributed by atoms with Crippen LogP contribution in [0.4, 0.5) is 8.78 Å².